The number of nitrogens with zero attached hydrogens (tertiary/aromatic N) is 2. The number of hydrogen-bond donors (Lipinski definition) is 0. The maximum absolute atomic E-state index is 6.28. The van der Waals surface area contributed by atoms with Gasteiger partial charge in [-0.3, -0.25) is 0 Å². The summed E-state index contributed by atoms with van der Waals surface area (Å²) < 4.78 is 14.8. The van der Waals surface area contributed by atoms with Gasteiger partial charge >= 0.3 is 0 Å². The average Bonchev–Trinajstić information content (AvgIpc) is 3.74. The second-order valence-corrected chi connectivity index (χ2v) is 17.8. The molecule has 0 radical (unpaired) electrons. The van der Waals surface area contributed by atoms with Gasteiger partial charge in [0.1, 0.15) is 11.5 Å². The Balaban J connectivity index is 0.000000322. The molecule has 0 N–H and O–H groups in total. The van der Waals surface area contributed by atoms with E-state index in [0.717, 1.165) is 43.7 Å². The molecule has 0 unspecified atom stereocenters. The van der Waals surface area contributed by atoms with Crippen molar-refractivity contribution in [1.29, 1.82) is 0 Å². The van der Waals surface area contributed by atoms with E-state index < -0.39 is 8.07 Å². The molecule has 0 atom stereocenters. The van der Waals surface area contributed by atoms with Crippen molar-refractivity contribution in [2.75, 3.05) is 13.2 Å². The number of ether oxygens (including phenoxy) is 2. The second kappa shape index (κ2) is 21.7. The topological polar surface area (TPSA) is 36.3 Å². The van der Waals surface area contributed by atoms with Crippen LogP contribution in [0.25, 0.3) is 0 Å². The molecule has 1 heterocycles. The summed E-state index contributed by atoms with van der Waals surface area (Å²) >= 11 is 0. The van der Waals surface area contributed by atoms with Crippen LogP contribution in [-0.2, 0) is 6.17 Å². The first-order valence-corrected chi connectivity index (χ1v) is 21.9. The normalized spacial score (nSPS) is 11.0. The molecular formula is C47H57BN2O2Si. The highest BCUT2D eigenvalue weighted by molar-refractivity contribution is 7.10. The smallest absolute Gasteiger partial charge is 0.206 e. The Morgan fingerprint density at radius 1 is 0.547 bits per heavy atom. The lowest BCUT2D eigenvalue weighted by molar-refractivity contribution is 0.305. The molecule has 53 heavy (non-hydrogen) atoms. The summed E-state index contributed by atoms with van der Waals surface area (Å²) in [5.74, 6) is 1.90. The molecule has 0 saturated heterocycles. The van der Waals surface area contributed by atoms with Gasteiger partial charge in [0.2, 0.25) is 6.71 Å². The average molecular weight is 721 g/mol. The fourth-order valence-corrected chi connectivity index (χ4v) is 11.5. The van der Waals surface area contributed by atoms with E-state index in [0.29, 0.717) is 6.71 Å². The summed E-state index contributed by atoms with van der Waals surface area (Å²) in [6.45, 7) is 8.72. The van der Waals surface area contributed by atoms with E-state index in [1.807, 2.05) is 12.5 Å². The fraction of sp³-hybridized carbons (Fsp3) is 0.298. The van der Waals surface area contributed by atoms with Crippen LogP contribution in [-0.4, -0.2) is 37.6 Å². The zero-order valence-electron chi connectivity index (χ0n) is 32.1. The minimum Gasteiger partial charge on any atom is -0.494 e. The largest absolute Gasteiger partial charge is 0.494 e. The van der Waals surface area contributed by atoms with Gasteiger partial charge in [-0.15, -0.1) is 0 Å². The van der Waals surface area contributed by atoms with Crippen LogP contribution >= 0.6 is 0 Å². The lowest BCUT2D eigenvalue weighted by atomic mass is 9.43. The molecular weight excluding hydrogens is 663 g/mol. The van der Waals surface area contributed by atoms with Crippen LogP contribution in [0.3, 0.4) is 0 Å². The number of aromatic nitrogens is 2. The zero-order chi connectivity index (χ0) is 37.0. The standard InChI is InChI=1S/C34H44N2O2Si.C13H13B/c1-3-5-7-12-24-37-30-16-14-20-33(26-30)39(29-36-23-22-35-28-36,32-18-10-9-11-19-32)34-21-15-17-31(27-34)38-25-13-8-6-4-2;1-14(12-8-4-2-5-9-12)13-10-6-3-7-11-13/h9-11,14-23,26-28H,3-8,12-13,24-25,29H2,1-2H3;2-11H,1H3. The van der Waals surface area contributed by atoms with Gasteiger partial charge in [-0.25, -0.2) is 4.98 Å². The number of hydrogen-bond acceptors (Lipinski definition) is 3. The van der Waals surface area contributed by atoms with E-state index in [2.05, 4.69) is 176 Å². The van der Waals surface area contributed by atoms with E-state index in [1.165, 1.54) is 65.0 Å². The first kappa shape index (κ1) is 39.4. The van der Waals surface area contributed by atoms with Crippen molar-refractivity contribution < 1.29 is 9.47 Å². The van der Waals surface area contributed by atoms with E-state index >= 15 is 0 Å². The van der Waals surface area contributed by atoms with Gasteiger partial charge < -0.3 is 14.0 Å². The van der Waals surface area contributed by atoms with Crippen molar-refractivity contribution >= 4 is 41.3 Å². The molecule has 0 spiro atoms. The van der Waals surface area contributed by atoms with Gasteiger partial charge in [-0.2, -0.15) is 0 Å². The Bertz CT molecular complexity index is 1760. The molecule has 6 aromatic rings. The van der Waals surface area contributed by atoms with Gasteiger partial charge in [0.15, 0.2) is 8.07 Å². The summed E-state index contributed by atoms with van der Waals surface area (Å²) in [5.41, 5.74) is 2.75. The molecule has 274 valence electrons. The Labute approximate surface area is 320 Å². The number of rotatable bonds is 19. The summed E-state index contributed by atoms with van der Waals surface area (Å²) in [6.07, 6.45) is 16.3. The summed E-state index contributed by atoms with van der Waals surface area (Å²) in [6, 6.07) is 49.9. The van der Waals surface area contributed by atoms with Crippen molar-refractivity contribution in [2.24, 2.45) is 0 Å². The molecule has 1 aromatic heterocycles. The van der Waals surface area contributed by atoms with Gasteiger partial charge in [-0.05, 0) is 52.7 Å². The van der Waals surface area contributed by atoms with Crippen LogP contribution in [0.5, 0.6) is 11.5 Å². The summed E-state index contributed by atoms with van der Waals surface area (Å²) in [7, 11) is -2.55. The van der Waals surface area contributed by atoms with Gasteiger partial charge in [-0.1, -0.05) is 185 Å². The van der Waals surface area contributed by atoms with E-state index in [9.17, 15) is 0 Å². The SMILES string of the molecule is CB(c1ccccc1)c1ccccc1.CCCCCCOc1cccc([Si](Cn2ccnc2)(c2ccccc2)c2cccc(OCCCCCC)c2)c1. The van der Waals surface area contributed by atoms with Crippen molar-refractivity contribution in [3.05, 3.63) is 158 Å². The Morgan fingerprint density at radius 2 is 1.02 bits per heavy atom. The van der Waals surface area contributed by atoms with Crippen LogP contribution < -0.4 is 36.0 Å². The van der Waals surface area contributed by atoms with E-state index in [1.54, 1.807) is 0 Å². The Kier molecular flexibility index (Phi) is 16.1. The fourth-order valence-electron chi connectivity index (χ4n) is 6.97. The predicted molar refractivity (Wildman–Crippen MR) is 229 cm³/mol. The number of unbranched alkanes of at least 4 members (excludes halogenated alkanes) is 6. The first-order valence-electron chi connectivity index (χ1n) is 19.7. The highest BCUT2D eigenvalue weighted by atomic mass is 28.3. The number of benzene rings is 5. The lowest BCUT2D eigenvalue weighted by Gasteiger charge is -2.34. The minimum atomic E-state index is -2.55. The molecule has 0 amide bonds. The number of imidazole rings is 1. The van der Waals surface area contributed by atoms with E-state index in [-0.39, 0.29) is 0 Å². The van der Waals surface area contributed by atoms with Crippen molar-refractivity contribution in [3.63, 3.8) is 0 Å². The third kappa shape index (κ3) is 11.6. The molecule has 0 aliphatic heterocycles. The molecule has 5 aromatic carbocycles. The first-order chi connectivity index (χ1) is 26.1. The zero-order valence-corrected chi connectivity index (χ0v) is 33.1. The Hall–Kier alpha value is -4.81. The van der Waals surface area contributed by atoms with Gasteiger partial charge in [0.05, 0.1) is 19.5 Å². The highest BCUT2D eigenvalue weighted by Crippen LogP contribution is 2.19. The lowest BCUT2D eigenvalue weighted by Crippen LogP contribution is -2.69. The van der Waals surface area contributed by atoms with Crippen LogP contribution in [0.1, 0.15) is 65.2 Å². The predicted octanol–water partition coefficient (Wildman–Crippen LogP) is 8.44. The molecule has 4 nitrogen and oxygen atoms in total. The monoisotopic (exact) mass is 720 g/mol. The van der Waals surface area contributed by atoms with Crippen LogP contribution in [0.2, 0.25) is 6.82 Å². The minimum absolute atomic E-state index is 0.484. The van der Waals surface area contributed by atoms with Crippen molar-refractivity contribution in [1.82, 2.24) is 9.55 Å². The van der Waals surface area contributed by atoms with Crippen LogP contribution in [0.4, 0.5) is 0 Å². The highest BCUT2D eigenvalue weighted by Gasteiger charge is 2.40. The summed E-state index contributed by atoms with van der Waals surface area (Å²) in [5, 5.41) is 4.01. The molecule has 0 aliphatic carbocycles. The molecule has 6 rings (SSSR count). The third-order valence-corrected chi connectivity index (χ3v) is 14.8. The van der Waals surface area contributed by atoms with Crippen molar-refractivity contribution in [2.45, 2.75) is 78.2 Å². The van der Waals surface area contributed by atoms with Gasteiger partial charge in [0.25, 0.3) is 0 Å². The molecule has 0 bridgehead atoms. The van der Waals surface area contributed by atoms with E-state index in [4.69, 9.17) is 9.47 Å². The second-order valence-electron chi connectivity index (χ2n) is 13.9. The van der Waals surface area contributed by atoms with Crippen LogP contribution in [0, 0.1) is 0 Å². The molecule has 0 aliphatic rings. The maximum atomic E-state index is 6.28. The van der Waals surface area contributed by atoms with Gasteiger partial charge in [0, 0.05) is 18.6 Å². The van der Waals surface area contributed by atoms with Crippen LogP contribution in [0.15, 0.2) is 158 Å². The quantitative estimate of drug-likeness (QED) is 0.0479. The van der Waals surface area contributed by atoms with Crippen molar-refractivity contribution in [3.8, 4) is 11.5 Å². The maximum Gasteiger partial charge on any atom is 0.206 e. The Morgan fingerprint density at radius 3 is 1.47 bits per heavy atom. The molecule has 0 saturated carbocycles. The summed E-state index contributed by atoms with van der Waals surface area (Å²) in [4.78, 5) is 4.39. The molecule has 0 fully saturated rings. The third-order valence-electron chi connectivity index (χ3n) is 10.0. The molecule has 6 heteroatoms.